The molecule has 4 aliphatic rings. The molecule has 1 fully saturated rings. The fraction of sp³-hybridized carbons (Fsp3) is 0.559. The van der Waals surface area contributed by atoms with Crippen LogP contribution in [0.15, 0.2) is 60.2 Å². The SMILES string of the molecule is CCCOc1c2cc(C(C)(C)C)cc1Cc1cc(C(C)(C)C)cc(c1OCCC)Cc1cc(C(C)(C)C)cc(c1OCCC)Cc1cc(OCC3=CC[C@H]4C[C@@H]3C4(C)C)cc(c1O)C2. The lowest BCUT2D eigenvalue weighted by Crippen LogP contribution is -2.48. The van der Waals surface area contributed by atoms with Crippen LogP contribution in [0.25, 0.3) is 0 Å². The number of hydrogen-bond acceptors (Lipinski definition) is 5. The molecule has 0 heterocycles. The summed E-state index contributed by atoms with van der Waals surface area (Å²) in [5, 5.41) is 12.6. The molecule has 0 saturated heterocycles. The number of rotatable bonds is 12. The second-order valence-electron chi connectivity index (χ2n) is 23.1. The lowest BCUT2D eigenvalue weighted by atomic mass is 9.49. The van der Waals surface area contributed by atoms with Gasteiger partial charge in [0.2, 0.25) is 0 Å². The molecule has 0 aromatic heterocycles. The maximum absolute atomic E-state index is 12.6. The third-order valence-corrected chi connectivity index (χ3v) is 14.4. The third-order valence-electron chi connectivity index (χ3n) is 14.4. The van der Waals surface area contributed by atoms with Crippen LogP contribution < -0.4 is 18.9 Å². The van der Waals surface area contributed by atoms with E-state index in [2.05, 4.69) is 152 Å². The molecule has 2 atom stereocenters. The Morgan fingerprint density at radius 3 is 1.16 bits per heavy atom. The first-order chi connectivity index (χ1) is 30.1. The zero-order valence-electron chi connectivity index (χ0n) is 42.1. The number of aromatic hydroxyl groups is 1. The molecule has 1 saturated carbocycles. The van der Waals surface area contributed by atoms with Crippen LogP contribution in [0.4, 0.5) is 0 Å². The minimum Gasteiger partial charge on any atom is -0.507 e. The van der Waals surface area contributed by atoms with E-state index >= 15 is 0 Å². The van der Waals surface area contributed by atoms with E-state index in [4.69, 9.17) is 18.9 Å². The zero-order valence-corrected chi connectivity index (χ0v) is 42.1. The van der Waals surface area contributed by atoms with Crippen molar-refractivity contribution in [2.45, 2.75) is 171 Å². The van der Waals surface area contributed by atoms with Crippen molar-refractivity contribution in [2.75, 3.05) is 26.4 Å². The van der Waals surface area contributed by atoms with E-state index in [0.29, 0.717) is 69.2 Å². The number of phenols is 1. The average molecular weight is 869 g/mol. The van der Waals surface area contributed by atoms with Crippen molar-refractivity contribution in [1.29, 1.82) is 0 Å². The molecule has 10 bridgehead atoms. The lowest BCUT2D eigenvalue weighted by Gasteiger charge is -2.56. The number of phenolic OH excluding ortho intramolecular Hbond substituents is 1. The van der Waals surface area contributed by atoms with Gasteiger partial charge in [-0.1, -0.05) is 139 Å². The van der Waals surface area contributed by atoms with E-state index in [1.54, 1.807) is 0 Å². The van der Waals surface area contributed by atoms with Gasteiger partial charge in [-0.05, 0) is 133 Å². The minimum atomic E-state index is -0.129. The molecule has 346 valence electrons. The Bertz CT molecular complexity index is 2230. The summed E-state index contributed by atoms with van der Waals surface area (Å²) in [6, 6.07) is 18.4. The zero-order chi connectivity index (χ0) is 46.4. The van der Waals surface area contributed by atoms with E-state index < -0.39 is 0 Å². The Hall–Kier alpha value is -4.38. The Balaban J connectivity index is 1.52. The number of hydrogen-bond donors (Lipinski definition) is 1. The van der Waals surface area contributed by atoms with Crippen molar-refractivity contribution in [3.8, 4) is 28.7 Å². The van der Waals surface area contributed by atoms with Crippen molar-refractivity contribution < 1.29 is 24.1 Å². The van der Waals surface area contributed by atoms with Gasteiger partial charge in [0.1, 0.15) is 35.4 Å². The van der Waals surface area contributed by atoms with Crippen LogP contribution >= 0.6 is 0 Å². The van der Waals surface area contributed by atoms with Crippen LogP contribution in [0.1, 0.15) is 190 Å². The first-order valence-corrected chi connectivity index (χ1v) is 24.7. The monoisotopic (exact) mass is 869 g/mol. The summed E-state index contributed by atoms with van der Waals surface area (Å²) in [5.41, 5.74) is 13.6. The molecule has 0 amide bonds. The summed E-state index contributed by atoms with van der Waals surface area (Å²) in [4.78, 5) is 0. The summed E-state index contributed by atoms with van der Waals surface area (Å²) >= 11 is 0. The summed E-state index contributed by atoms with van der Waals surface area (Å²) in [7, 11) is 0. The number of fused-ring (bicyclic) bond motifs is 9. The van der Waals surface area contributed by atoms with Gasteiger partial charge >= 0.3 is 0 Å². The largest absolute Gasteiger partial charge is 0.507 e. The number of ether oxygens (including phenoxy) is 4. The predicted molar refractivity (Wildman–Crippen MR) is 266 cm³/mol. The normalized spacial score (nSPS) is 18.2. The highest BCUT2D eigenvalue weighted by Crippen LogP contribution is 2.59. The third kappa shape index (κ3) is 10.0. The molecule has 5 nitrogen and oxygen atoms in total. The van der Waals surface area contributed by atoms with Crippen LogP contribution in [-0.2, 0) is 41.9 Å². The van der Waals surface area contributed by atoms with Crippen molar-refractivity contribution in [2.24, 2.45) is 17.3 Å². The molecule has 0 aliphatic heterocycles. The summed E-state index contributed by atoms with van der Waals surface area (Å²) in [6.45, 7) is 34.4. The van der Waals surface area contributed by atoms with E-state index in [9.17, 15) is 5.11 Å². The Morgan fingerprint density at radius 2 is 0.859 bits per heavy atom. The van der Waals surface area contributed by atoms with Crippen LogP contribution in [0, 0.1) is 17.3 Å². The standard InChI is InChI=1S/C59H80O5/c1-15-20-61-53-40-23-38-33-50(64-36-37-18-19-46-35-51(37)59(46,13)14)34-39(52(38)60)24-41-28-48(57(7,8)9)30-43(54(41)62-21-16-2)26-45-32-49(58(10,11)12)31-44(55(45)63-22-17-3)25-42(53)29-47(27-40)56(4,5)6/h18,27-34,46,51,60H,15-17,19-26,35-36H2,1-14H3/t46-,51-/m0/s1. The Morgan fingerprint density at radius 1 is 0.516 bits per heavy atom. The smallest absolute Gasteiger partial charge is 0.126 e. The highest BCUT2D eigenvalue weighted by Gasteiger charge is 2.51. The molecule has 0 spiro atoms. The highest BCUT2D eigenvalue weighted by molar-refractivity contribution is 5.60. The molecule has 4 aliphatic carbocycles. The summed E-state index contributed by atoms with van der Waals surface area (Å²) in [5.74, 6) is 5.20. The van der Waals surface area contributed by atoms with E-state index in [1.165, 1.54) is 39.8 Å². The molecule has 8 rings (SSSR count). The quantitative estimate of drug-likeness (QED) is 0.127. The van der Waals surface area contributed by atoms with Crippen LogP contribution in [-0.4, -0.2) is 31.5 Å². The predicted octanol–water partition coefficient (Wildman–Crippen LogP) is 14.7. The van der Waals surface area contributed by atoms with E-state index in [1.807, 2.05) is 0 Å². The Labute approximate surface area is 387 Å². The highest BCUT2D eigenvalue weighted by atomic mass is 16.5. The fourth-order valence-electron chi connectivity index (χ4n) is 10.2. The summed E-state index contributed by atoms with van der Waals surface area (Å²) < 4.78 is 27.6. The van der Waals surface area contributed by atoms with Crippen molar-refractivity contribution in [1.82, 2.24) is 0 Å². The van der Waals surface area contributed by atoms with Crippen molar-refractivity contribution in [3.63, 3.8) is 0 Å². The molecule has 4 aromatic rings. The second-order valence-corrected chi connectivity index (χ2v) is 23.1. The molecular weight excluding hydrogens is 789 g/mol. The first kappa shape index (κ1) is 47.6. The van der Waals surface area contributed by atoms with Crippen LogP contribution in [0.3, 0.4) is 0 Å². The summed E-state index contributed by atoms with van der Waals surface area (Å²) in [6.07, 6.45) is 9.77. The second kappa shape index (κ2) is 18.5. The molecule has 0 unspecified atom stereocenters. The molecule has 64 heavy (non-hydrogen) atoms. The number of allylic oxidation sites excluding steroid dienone is 1. The van der Waals surface area contributed by atoms with Gasteiger partial charge in [-0.2, -0.15) is 0 Å². The van der Waals surface area contributed by atoms with Gasteiger partial charge in [-0.3, -0.25) is 0 Å². The first-order valence-electron chi connectivity index (χ1n) is 24.7. The van der Waals surface area contributed by atoms with Gasteiger partial charge < -0.3 is 24.1 Å². The Kier molecular flexibility index (Phi) is 13.7. The molecule has 4 aromatic carbocycles. The van der Waals surface area contributed by atoms with Crippen LogP contribution in [0.2, 0.25) is 0 Å². The molecule has 0 radical (unpaired) electrons. The van der Waals surface area contributed by atoms with E-state index in [-0.39, 0.29) is 16.2 Å². The maximum atomic E-state index is 12.6. The molecule has 5 heteroatoms. The van der Waals surface area contributed by atoms with Gasteiger partial charge in [-0.15, -0.1) is 0 Å². The topological polar surface area (TPSA) is 57.2 Å². The van der Waals surface area contributed by atoms with Gasteiger partial charge in [0, 0.05) is 36.8 Å². The fourth-order valence-corrected chi connectivity index (χ4v) is 10.2. The van der Waals surface area contributed by atoms with E-state index in [0.717, 1.165) is 88.0 Å². The lowest BCUT2D eigenvalue weighted by molar-refractivity contribution is -0.0115. The van der Waals surface area contributed by atoms with Gasteiger partial charge in [-0.25, -0.2) is 0 Å². The minimum absolute atomic E-state index is 0.0996. The van der Waals surface area contributed by atoms with Crippen molar-refractivity contribution in [3.05, 3.63) is 121 Å². The van der Waals surface area contributed by atoms with Gasteiger partial charge in [0.05, 0.1) is 19.8 Å². The van der Waals surface area contributed by atoms with Gasteiger partial charge in [0.15, 0.2) is 0 Å². The van der Waals surface area contributed by atoms with Crippen LogP contribution in [0.5, 0.6) is 28.7 Å². The number of benzene rings is 4. The van der Waals surface area contributed by atoms with Gasteiger partial charge in [0.25, 0.3) is 0 Å². The molecular formula is C59H80O5. The molecule has 1 N–H and O–H groups in total. The maximum Gasteiger partial charge on any atom is 0.126 e. The average Bonchev–Trinajstić information content (AvgIpc) is 3.21. The van der Waals surface area contributed by atoms with Crippen molar-refractivity contribution >= 4 is 0 Å².